The van der Waals surface area contributed by atoms with Crippen LogP contribution in [-0.4, -0.2) is 21.1 Å². The molecule has 0 fully saturated rings. The van der Waals surface area contributed by atoms with E-state index in [4.69, 9.17) is 16.3 Å². The third kappa shape index (κ3) is 6.10. The van der Waals surface area contributed by atoms with Crippen LogP contribution >= 0.6 is 23.4 Å². The van der Waals surface area contributed by atoms with E-state index in [1.807, 2.05) is 54.6 Å². The monoisotopic (exact) mass is 450 g/mol. The zero-order valence-electron chi connectivity index (χ0n) is 16.4. The third-order valence-electron chi connectivity index (χ3n) is 4.32. The Bertz CT molecular complexity index is 1130. The molecule has 0 saturated heterocycles. The van der Waals surface area contributed by atoms with Crippen LogP contribution in [0.5, 0.6) is 5.75 Å². The highest BCUT2D eigenvalue weighted by Gasteiger charge is 2.08. The van der Waals surface area contributed by atoms with Crippen molar-refractivity contribution in [2.75, 3.05) is 5.32 Å². The molecule has 156 valence electrons. The number of ether oxygens (including phenoxy) is 1. The normalized spacial score (nSPS) is 10.6. The maximum absolute atomic E-state index is 12.3. The van der Waals surface area contributed by atoms with E-state index in [1.54, 1.807) is 24.3 Å². The number of nitrogens with zero attached hydrogens (tertiary/aromatic N) is 2. The molecule has 0 bridgehead atoms. The average molecular weight is 451 g/mol. The Balaban J connectivity index is 1.26. The van der Waals surface area contributed by atoms with Gasteiger partial charge in [0.25, 0.3) is 5.91 Å². The minimum atomic E-state index is -0.135. The van der Waals surface area contributed by atoms with Gasteiger partial charge in [-0.05, 0) is 54.1 Å². The molecular formula is C23H19ClN4O2S. The Labute approximate surface area is 189 Å². The highest BCUT2D eigenvalue weighted by molar-refractivity contribution is 7.98. The summed E-state index contributed by atoms with van der Waals surface area (Å²) in [5.41, 5.74) is 2.45. The summed E-state index contributed by atoms with van der Waals surface area (Å²) in [5, 5.41) is 11.3. The van der Waals surface area contributed by atoms with Crippen LogP contribution in [0.25, 0.3) is 0 Å². The average Bonchev–Trinajstić information content (AvgIpc) is 3.26. The number of aromatic nitrogens is 3. The molecule has 31 heavy (non-hydrogen) atoms. The summed E-state index contributed by atoms with van der Waals surface area (Å²) in [6, 6.07) is 24.0. The van der Waals surface area contributed by atoms with Crippen LogP contribution in [0.15, 0.2) is 84.0 Å². The van der Waals surface area contributed by atoms with E-state index in [9.17, 15) is 4.79 Å². The van der Waals surface area contributed by atoms with Gasteiger partial charge in [-0.25, -0.2) is 4.98 Å². The molecule has 1 amide bonds. The number of hydrogen-bond acceptors (Lipinski definition) is 5. The number of carbonyl (C=O) groups excluding carboxylic acids is 1. The van der Waals surface area contributed by atoms with Gasteiger partial charge in [-0.3, -0.25) is 9.89 Å². The topological polar surface area (TPSA) is 79.9 Å². The molecule has 0 aliphatic rings. The SMILES string of the molecule is O=C(Nc1ccccc1)c1ccc(CSc2n[nH]c(COc3ccc(Cl)cc3)n2)cc1. The maximum atomic E-state index is 12.3. The van der Waals surface area contributed by atoms with E-state index in [2.05, 4.69) is 20.5 Å². The Morgan fingerprint density at radius 1 is 1.00 bits per heavy atom. The second-order valence-electron chi connectivity index (χ2n) is 6.61. The van der Waals surface area contributed by atoms with Crippen molar-refractivity contribution in [1.29, 1.82) is 0 Å². The van der Waals surface area contributed by atoms with Crippen molar-refractivity contribution in [3.8, 4) is 5.75 Å². The van der Waals surface area contributed by atoms with Crippen molar-refractivity contribution >= 4 is 35.0 Å². The lowest BCUT2D eigenvalue weighted by molar-refractivity contribution is 0.102. The van der Waals surface area contributed by atoms with Crippen LogP contribution in [0, 0.1) is 0 Å². The fourth-order valence-corrected chi connectivity index (χ4v) is 3.61. The smallest absolute Gasteiger partial charge is 0.255 e. The van der Waals surface area contributed by atoms with Gasteiger partial charge in [0, 0.05) is 22.0 Å². The van der Waals surface area contributed by atoms with Gasteiger partial charge in [-0.2, -0.15) is 0 Å². The summed E-state index contributed by atoms with van der Waals surface area (Å²) in [4.78, 5) is 16.8. The van der Waals surface area contributed by atoms with E-state index in [0.29, 0.717) is 39.7 Å². The first-order valence-electron chi connectivity index (χ1n) is 9.53. The van der Waals surface area contributed by atoms with Gasteiger partial charge >= 0.3 is 0 Å². The first kappa shape index (κ1) is 21.0. The number of hydrogen-bond donors (Lipinski definition) is 2. The molecule has 0 saturated carbocycles. The molecule has 0 aliphatic carbocycles. The molecule has 8 heteroatoms. The molecule has 0 atom stereocenters. The van der Waals surface area contributed by atoms with E-state index >= 15 is 0 Å². The zero-order valence-corrected chi connectivity index (χ0v) is 18.0. The summed E-state index contributed by atoms with van der Waals surface area (Å²) in [6.07, 6.45) is 0. The first-order valence-corrected chi connectivity index (χ1v) is 10.9. The summed E-state index contributed by atoms with van der Waals surface area (Å²) in [7, 11) is 0. The van der Waals surface area contributed by atoms with Gasteiger partial charge < -0.3 is 10.1 Å². The van der Waals surface area contributed by atoms with Crippen molar-refractivity contribution in [3.63, 3.8) is 0 Å². The standard InChI is InChI=1S/C23H19ClN4O2S/c24-18-10-12-20(13-11-18)30-14-21-26-23(28-27-21)31-15-16-6-8-17(9-7-16)22(29)25-19-4-2-1-3-5-19/h1-13H,14-15H2,(H,25,29)(H,26,27,28). The first-order chi connectivity index (χ1) is 15.2. The Hall–Kier alpha value is -3.29. The van der Waals surface area contributed by atoms with Crippen LogP contribution in [0.4, 0.5) is 5.69 Å². The summed E-state index contributed by atoms with van der Waals surface area (Å²) < 4.78 is 5.66. The number of thioether (sulfide) groups is 1. The fourth-order valence-electron chi connectivity index (χ4n) is 2.71. The van der Waals surface area contributed by atoms with Crippen LogP contribution < -0.4 is 10.1 Å². The van der Waals surface area contributed by atoms with Crippen LogP contribution in [0.2, 0.25) is 5.02 Å². The van der Waals surface area contributed by atoms with Crippen molar-refractivity contribution in [2.45, 2.75) is 17.5 Å². The van der Waals surface area contributed by atoms with Crippen LogP contribution in [0.1, 0.15) is 21.7 Å². The van der Waals surface area contributed by atoms with Crippen molar-refractivity contribution in [1.82, 2.24) is 15.2 Å². The van der Waals surface area contributed by atoms with E-state index in [1.165, 1.54) is 11.8 Å². The number of carbonyl (C=O) groups is 1. The lowest BCUT2D eigenvalue weighted by Crippen LogP contribution is -2.11. The third-order valence-corrected chi connectivity index (χ3v) is 5.49. The number of aromatic amines is 1. The maximum Gasteiger partial charge on any atom is 0.255 e. The summed E-state index contributed by atoms with van der Waals surface area (Å²) >= 11 is 7.38. The van der Waals surface area contributed by atoms with Crippen molar-refractivity contribution < 1.29 is 9.53 Å². The number of amides is 1. The molecule has 0 unspecified atom stereocenters. The van der Waals surface area contributed by atoms with Crippen LogP contribution in [-0.2, 0) is 12.4 Å². The fraction of sp³-hybridized carbons (Fsp3) is 0.0870. The van der Waals surface area contributed by atoms with E-state index in [0.717, 1.165) is 11.3 Å². The van der Waals surface area contributed by atoms with Crippen molar-refractivity contribution in [3.05, 3.63) is 101 Å². The van der Waals surface area contributed by atoms with Gasteiger partial charge in [-0.15, -0.1) is 5.10 Å². The largest absolute Gasteiger partial charge is 0.486 e. The molecule has 4 rings (SSSR count). The molecule has 2 N–H and O–H groups in total. The highest BCUT2D eigenvalue weighted by atomic mass is 35.5. The molecule has 1 aromatic heterocycles. The van der Waals surface area contributed by atoms with Crippen LogP contribution in [0.3, 0.4) is 0 Å². The highest BCUT2D eigenvalue weighted by Crippen LogP contribution is 2.21. The summed E-state index contributed by atoms with van der Waals surface area (Å²) in [6.45, 7) is 0.292. The predicted octanol–water partition coefficient (Wildman–Crippen LogP) is 5.58. The van der Waals surface area contributed by atoms with Gasteiger partial charge in [0.15, 0.2) is 5.82 Å². The van der Waals surface area contributed by atoms with Crippen molar-refractivity contribution in [2.24, 2.45) is 0 Å². The van der Waals surface area contributed by atoms with E-state index in [-0.39, 0.29) is 5.91 Å². The molecule has 0 radical (unpaired) electrons. The predicted molar refractivity (Wildman–Crippen MR) is 123 cm³/mol. The second-order valence-corrected chi connectivity index (χ2v) is 7.99. The number of H-pyrrole nitrogens is 1. The minimum absolute atomic E-state index is 0.135. The lowest BCUT2D eigenvalue weighted by atomic mass is 10.1. The Morgan fingerprint density at radius 3 is 2.48 bits per heavy atom. The molecule has 6 nitrogen and oxygen atoms in total. The van der Waals surface area contributed by atoms with Gasteiger partial charge in [0.2, 0.25) is 5.16 Å². The Kier molecular flexibility index (Phi) is 6.86. The van der Waals surface area contributed by atoms with Gasteiger partial charge in [0.1, 0.15) is 12.4 Å². The Morgan fingerprint density at radius 2 is 1.74 bits per heavy atom. The summed E-state index contributed by atoms with van der Waals surface area (Å²) in [5.74, 6) is 1.91. The quantitative estimate of drug-likeness (QED) is 0.342. The molecule has 4 aromatic rings. The number of benzene rings is 3. The molecule has 0 spiro atoms. The number of anilines is 1. The number of para-hydroxylation sites is 1. The zero-order chi connectivity index (χ0) is 21.5. The minimum Gasteiger partial charge on any atom is -0.486 e. The number of halogens is 1. The number of nitrogens with one attached hydrogen (secondary N) is 2. The second kappa shape index (κ2) is 10.1. The molecule has 0 aliphatic heterocycles. The van der Waals surface area contributed by atoms with Gasteiger partial charge in [-0.1, -0.05) is 53.7 Å². The molecular weight excluding hydrogens is 432 g/mol. The lowest BCUT2D eigenvalue weighted by Gasteiger charge is -2.06. The number of rotatable bonds is 8. The molecule has 3 aromatic carbocycles. The van der Waals surface area contributed by atoms with Gasteiger partial charge in [0.05, 0.1) is 0 Å². The molecule has 1 heterocycles. The van der Waals surface area contributed by atoms with E-state index < -0.39 is 0 Å².